The average Bonchev–Trinajstić information content (AvgIpc) is 3.57. The number of ether oxygens (including phenoxy) is 3. The van der Waals surface area contributed by atoms with Crippen molar-refractivity contribution in [3.63, 3.8) is 0 Å². The number of carboxylic acids is 1. The van der Waals surface area contributed by atoms with Gasteiger partial charge in [0.15, 0.2) is 17.9 Å². The first kappa shape index (κ1) is 38.1. The Morgan fingerprint density at radius 3 is 2.14 bits per heavy atom. The molecule has 0 unspecified atom stereocenters. The van der Waals surface area contributed by atoms with Crippen LogP contribution in [0.3, 0.4) is 0 Å². The molecule has 2 aromatic heterocycles. The van der Waals surface area contributed by atoms with E-state index in [4.69, 9.17) is 40.2 Å². The Bertz CT molecular complexity index is 1780. The number of pyridine rings is 1. The maximum absolute atomic E-state index is 12.4. The summed E-state index contributed by atoms with van der Waals surface area (Å²) in [5, 5.41) is 9.26. The summed E-state index contributed by atoms with van der Waals surface area (Å²) in [6, 6.07) is 21.1. The van der Waals surface area contributed by atoms with Crippen LogP contribution in [0.25, 0.3) is 33.5 Å². The zero-order chi connectivity index (χ0) is 36.6. The predicted octanol–water partition coefficient (Wildman–Crippen LogP) is 8.38. The molecular weight excluding hydrogens is 690 g/mol. The van der Waals surface area contributed by atoms with E-state index >= 15 is 0 Å². The van der Waals surface area contributed by atoms with Crippen molar-refractivity contribution in [2.45, 2.75) is 102 Å². The van der Waals surface area contributed by atoms with Crippen molar-refractivity contribution in [3.8, 4) is 28.4 Å². The third-order valence-electron chi connectivity index (χ3n) is 9.09. The second-order valence-corrected chi connectivity index (χ2v) is 26.8. The minimum atomic E-state index is -3.63. The van der Waals surface area contributed by atoms with Gasteiger partial charge in [-0.15, -0.1) is 0 Å². The Morgan fingerprint density at radius 1 is 0.960 bits per heavy atom. The highest BCUT2D eigenvalue weighted by Crippen LogP contribution is 2.51. The van der Waals surface area contributed by atoms with Crippen LogP contribution in [-0.4, -0.2) is 78.6 Å². The van der Waals surface area contributed by atoms with Crippen LogP contribution in [0.5, 0.6) is 6.01 Å². The van der Waals surface area contributed by atoms with Crippen LogP contribution in [0.15, 0.2) is 60.7 Å². The Balaban J connectivity index is 1.52. The number of carboxylic acid groups (broad SMARTS) is 1. The fourth-order valence-corrected chi connectivity index (χ4v) is 10.9. The van der Waals surface area contributed by atoms with Crippen LogP contribution in [0.2, 0.25) is 40.8 Å². The third-order valence-corrected chi connectivity index (χ3v) is 15.8. The number of hydrogen-bond acceptors (Lipinski definition) is 8. The molecule has 1 aliphatic heterocycles. The highest BCUT2D eigenvalue weighted by Gasteiger charge is 2.60. The molecule has 50 heavy (non-hydrogen) atoms. The number of nitrogens with zero attached hydrogens (tertiary/aromatic N) is 3. The minimum Gasteiger partial charge on any atom is -0.479 e. The molecular formula is C37H50ClN3O7Si2. The quantitative estimate of drug-likeness (QED) is 0.109. The SMILES string of the molecule is CC(C)(C)[Si](O)(O[C@@H]1[C@@H](C(=O)O)OC[C@H]1Oc1nc2nc(-c3ccc(-c4ccccc4)cc3)c(Cl)cc2n1COCC[Si](C)(C)C)C(C)(C)C. The Labute approximate surface area is 302 Å². The van der Waals surface area contributed by atoms with Gasteiger partial charge in [0.25, 0.3) is 0 Å². The molecule has 1 fully saturated rings. The molecule has 4 aromatic rings. The number of imidazole rings is 1. The molecule has 5 rings (SSSR count). The van der Waals surface area contributed by atoms with E-state index in [0.29, 0.717) is 28.5 Å². The molecule has 270 valence electrons. The molecule has 0 radical (unpaired) electrons. The summed E-state index contributed by atoms with van der Waals surface area (Å²) in [6.45, 7) is 18.9. The van der Waals surface area contributed by atoms with Gasteiger partial charge in [-0.1, -0.05) is 127 Å². The van der Waals surface area contributed by atoms with Crippen molar-refractivity contribution >= 4 is 45.4 Å². The van der Waals surface area contributed by atoms with Gasteiger partial charge in [-0.3, -0.25) is 4.57 Å². The van der Waals surface area contributed by atoms with Crippen molar-refractivity contribution < 1.29 is 33.3 Å². The third kappa shape index (κ3) is 8.17. The lowest BCUT2D eigenvalue weighted by Crippen LogP contribution is -2.60. The fourth-order valence-electron chi connectivity index (χ4n) is 6.25. The molecule has 0 saturated carbocycles. The summed E-state index contributed by atoms with van der Waals surface area (Å²) in [5.41, 5.74) is 4.57. The molecule has 1 saturated heterocycles. The standard InChI is InChI=1S/C37H50ClN3O7Si2/c1-36(2,3)50(44,37(4,5)6)48-31-29(22-46-32(31)34(42)43)47-35-40-33-28(41(35)23-45-19-20-49(7,8)9)21-27(38)30(39-33)26-17-15-25(16-18-26)24-13-11-10-12-14-24/h10-18,21,29,31-32,44H,19-20,22-23H2,1-9H3,(H,42,43)/t29-,31+,32+/m1/s1. The van der Waals surface area contributed by atoms with E-state index in [2.05, 4.69) is 31.8 Å². The number of aromatic nitrogens is 3. The van der Waals surface area contributed by atoms with E-state index in [-0.39, 0.29) is 19.3 Å². The van der Waals surface area contributed by atoms with Crippen LogP contribution in [-0.2, 0) is 25.4 Å². The van der Waals surface area contributed by atoms with Gasteiger partial charge in [0.05, 0.1) is 22.8 Å². The van der Waals surface area contributed by atoms with Crippen molar-refractivity contribution in [2.75, 3.05) is 13.2 Å². The number of benzene rings is 2. The molecule has 0 bridgehead atoms. The van der Waals surface area contributed by atoms with E-state index in [0.717, 1.165) is 22.7 Å². The lowest BCUT2D eigenvalue weighted by molar-refractivity contribution is -0.151. The highest BCUT2D eigenvalue weighted by atomic mass is 35.5. The van der Waals surface area contributed by atoms with Gasteiger partial charge >= 0.3 is 20.5 Å². The predicted molar refractivity (Wildman–Crippen MR) is 202 cm³/mol. The number of carbonyl (C=O) groups is 1. The number of hydrogen-bond donors (Lipinski definition) is 2. The zero-order valence-electron chi connectivity index (χ0n) is 30.5. The number of rotatable bonds is 12. The molecule has 3 atom stereocenters. The molecule has 1 aliphatic rings. The van der Waals surface area contributed by atoms with Gasteiger partial charge in [-0.25, -0.2) is 9.78 Å². The largest absolute Gasteiger partial charge is 0.479 e. The van der Waals surface area contributed by atoms with Gasteiger partial charge in [-0.2, -0.15) is 4.98 Å². The van der Waals surface area contributed by atoms with Crippen LogP contribution < -0.4 is 4.74 Å². The smallest absolute Gasteiger partial charge is 0.347 e. The van der Waals surface area contributed by atoms with E-state index in [1.807, 2.05) is 84.0 Å². The van der Waals surface area contributed by atoms with E-state index in [1.54, 1.807) is 10.6 Å². The van der Waals surface area contributed by atoms with E-state index in [9.17, 15) is 14.7 Å². The Kier molecular flexibility index (Phi) is 11.1. The maximum atomic E-state index is 12.4. The van der Waals surface area contributed by atoms with Crippen molar-refractivity contribution in [1.29, 1.82) is 0 Å². The lowest BCUT2D eigenvalue weighted by atomic mass is 10.0. The van der Waals surface area contributed by atoms with Gasteiger partial charge < -0.3 is 28.5 Å². The van der Waals surface area contributed by atoms with Crippen molar-refractivity contribution in [1.82, 2.24) is 14.5 Å². The number of aliphatic carboxylic acids is 1. The van der Waals surface area contributed by atoms with E-state index < -0.39 is 51.0 Å². The van der Waals surface area contributed by atoms with Crippen LogP contribution >= 0.6 is 11.6 Å². The van der Waals surface area contributed by atoms with E-state index in [1.165, 1.54) is 0 Å². The zero-order valence-corrected chi connectivity index (χ0v) is 33.2. The Hall–Kier alpha value is -3.11. The second kappa shape index (κ2) is 14.5. The topological polar surface area (TPSA) is 125 Å². The summed E-state index contributed by atoms with van der Waals surface area (Å²) >= 11 is 6.89. The molecule has 13 heteroatoms. The van der Waals surface area contributed by atoms with Crippen molar-refractivity contribution in [2.24, 2.45) is 0 Å². The summed E-state index contributed by atoms with van der Waals surface area (Å²) in [5.74, 6) is -1.19. The Morgan fingerprint density at radius 2 is 1.56 bits per heavy atom. The number of halogens is 1. The molecule has 0 spiro atoms. The number of fused-ring (bicyclic) bond motifs is 1. The normalized spacial score (nSPS) is 18.9. The lowest BCUT2D eigenvalue weighted by Gasteiger charge is -2.47. The molecule has 10 nitrogen and oxygen atoms in total. The monoisotopic (exact) mass is 739 g/mol. The minimum absolute atomic E-state index is 0.0761. The van der Waals surface area contributed by atoms with Gasteiger partial charge in [-0.05, 0) is 23.2 Å². The molecule has 0 aliphatic carbocycles. The van der Waals surface area contributed by atoms with Gasteiger partial charge in [0, 0.05) is 30.3 Å². The first-order valence-electron chi connectivity index (χ1n) is 17.0. The first-order chi connectivity index (χ1) is 23.3. The first-order valence-corrected chi connectivity index (χ1v) is 22.9. The van der Waals surface area contributed by atoms with Crippen LogP contribution in [0.1, 0.15) is 41.5 Å². The molecule has 2 aromatic carbocycles. The summed E-state index contributed by atoms with van der Waals surface area (Å²) in [4.78, 5) is 34.1. The van der Waals surface area contributed by atoms with Crippen molar-refractivity contribution in [3.05, 3.63) is 65.7 Å². The summed E-state index contributed by atoms with van der Waals surface area (Å²) in [6.07, 6.45) is -3.33. The second-order valence-electron chi connectivity index (χ2n) is 16.3. The summed E-state index contributed by atoms with van der Waals surface area (Å²) in [7, 11) is -4.99. The fraction of sp³-hybridized carbons (Fsp3) is 0.486. The van der Waals surface area contributed by atoms with Gasteiger partial charge in [0.2, 0.25) is 0 Å². The van der Waals surface area contributed by atoms with Crippen LogP contribution in [0, 0.1) is 0 Å². The molecule has 2 N–H and O–H groups in total. The average molecular weight is 740 g/mol. The maximum Gasteiger partial charge on any atom is 0.347 e. The van der Waals surface area contributed by atoms with Crippen LogP contribution in [0.4, 0.5) is 0 Å². The van der Waals surface area contributed by atoms with Gasteiger partial charge in [0.1, 0.15) is 12.8 Å². The summed E-state index contributed by atoms with van der Waals surface area (Å²) < 4.78 is 26.7. The highest BCUT2D eigenvalue weighted by molar-refractivity contribution is 6.76. The molecule has 0 amide bonds. The molecule has 3 heterocycles.